The topological polar surface area (TPSA) is 95.9 Å². The van der Waals surface area contributed by atoms with Crippen LogP contribution in [-0.4, -0.2) is 48.5 Å². The van der Waals surface area contributed by atoms with Crippen LogP contribution >= 0.6 is 23.2 Å². The molecule has 2 aliphatic rings. The molecular formula is C15H15Cl2N3O4S. The Hall–Kier alpha value is -1.64. The lowest BCUT2D eigenvalue weighted by Crippen LogP contribution is -2.42. The number of hydrazone groups is 1. The van der Waals surface area contributed by atoms with Crippen molar-refractivity contribution >= 4 is 56.3 Å². The number of benzene rings is 1. The zero-order valence-corrected chi connectivity index (χ0v) is 15.4. The second-order valence-electron chi connectivity index (χ2n) is 5.92. The molecule has 2 heterocycles. The third-order valence-electron chi connectivity index (χ3n) is 4.06. The second kappa shape index (κ2) is 6.93. The summed E-state index contributed by atoms with van der Waals surface area (Å²) < 4.78 is 23.2. The fourth-order valence-corrected chi connectivity index (χ4v) is 4.92. The maximum absolute atomic E-state index is 12.4. The highest BCUT2D eigenvalue weighted by Crippen LogP contribution is 2.26. The molecule has 0 radical (unpaired) electrons. The van der Waals surface area contributed by atoms with Crippen molar-refractivity contribution in [1.29, 1.82) is 0 Å². The molecule has 3 rings (SSSR count). The van der Waals surface area contributed by atoms with Gasteiger partial charge in [-0.3, -0.25) is 9.59 Å². The Morgan fingerprint density at radius 1 is 1.28 bits per heavy atom. The Morgan fingerprint density at radius 2 is 2.04 bits per heavy atom. The van der Waals surface area contributed by atoms with Crippen LogP contribution in [0.3, 0.4) is 0 Å². The fraction of sp³-hybridized carbons (Fsp3) is 0.400. The van der Waals surface area contributed by atoms with E-state index in [9.17, 15) is 18.0 Å². The van der Waals surface area contributed by atoms with Gasteiger partial charge in [-0.2, -0.15) is 5.10 Å². The van der Waals surface area contributed by atoms with E-state index in [-0.39, 0.29) is 41.0 Å². The summed E-state index contributed by atoms with van der Waals surface area (Å²) in [6.45, 7) is 0. The average Bonchev–Trinajstić information content (AvgIpc) is 2.90. The largest absolute Gasteiger partial charge is 0.320 e. The Balaban J connectivity index is 1.77. The summed E-state index contributed by atoms with van der Waals surface area (Å²) in [6.07, 6.45) is 0.623. The molecule has 0 unspecified atom stereocenters. The summed E-state index contributed by atoms with van der Waals surface area (Å²) in [6, 6.07) is 4.14. The number of hydrogen-bond donors (Lipinski definition) is 1. The highest BCUT2D eigenvalue weighted by atomic mass is 35.5. The van der Waals surface area contributed by atoms with E-state index in [1.807, 2.05) is 0 Å². The van der Waals surface area contributed by atoms with Gasteiger partial charge in [0.2, 0.25) is 5.91 Å². The van der Waals surface area contributed by atoms with E-state index >= 15 is 0 Å². The molecule has 2 amide bonds. The summed E-state index contributed by atoms with van der Waals surface area (Å²) in [7, 11) is -3.16. The van der Waals surface area contributed by atoms with E-state index in [1.54, 1.807) is 12.1 Å². The maximum atomic E-state index is 12.4. The van der Waals surface area contributed by atoms with Gasteiger partial charge in [0, 0.05) is 17.9 Å². The van der Waals surface area contributed by atoms with Crippen molar-refractivity contribution in [1.82, 2.24) is 5.01 Å². The van der Waals surface area contributed by atoms with Crippen LogP contribution in [0.4, 0.5) is 5.69 Å². The molecule has 10 heteroatoms. The van der Waals surface area contributed by atoms with Gasteiger partial charge in [0.05, 0.1) is 28.3 Å². The van der Waals surface area contributed by atoms with E-state index in [4.69, 9.17) is 23.2 Å². The summed E-state index contributed by atoms with van der Waals surface area (Å²) in [4.78, 5) is 24.5. The van der Waals surface area contributed by atoms with Gasteiger partial charge < -0.3 is 5.32 Å². The van der Waals surface area contributed by atoms with Crippen LogP contribution in [0, 0.1) is 0 Å². The van der Waals surface area contributed by atoms with Gasteiger partial charge in [-0.25, -0.2) is 13.4 Å². The maximum Gasteiger partial charge on any atom is 0.271 e. The SMILES string of the molecule is O=C(Nc1ccc(Cl)cc1Cl)C1=NN([C@@H]2CCS(=O)(=O)C2)C(=O)CC1. The van der Waals surface area contributed by atoms with E-state index in [1.165, 1.54) is 6.07 Å². The Morgan fingerprint density at radius 3 is 2.68 bits per heavy atom. The summed E-state index contributed by atoms with van der Waals surface area (Å²) in [5.41, 5.74) is 0.542. The van der Waals surface area contributed by atoms with Crippen molar-refractivity contribution in [3.8, 4) is 0 Å². The van der Waals surface area contributed by atoms with Gasteiger partial charge in [-0.15, -0.1) is 0 Å². The van der Waals surface area contributed by atoms with Crippen LogP contribution in [0.15, 0.2) is 23.3 Å². The molecule has 1 saturated heterocycles. The van der Waals surface area contributed by atoms with Gasteiger partial charge in [0.15, 0.2) is 9.84 Å². The third-order valence-corrected chi connectivity index (χ3v) is 6.35. The molecule has 1 aromatic rings. The fourth-order valence-electron chi connectivity index (χ4n) is 2.77. The molecule has 0 saturated carbocycles. The van der Waals surface area contributed by atoms with E-state index in [0.29, 0.717) is 17.1 Å². The first-order valence-electron chi connectivity index (χ1n) is 7.61. The summed E-state index contributed by atoms with van der Waals surface area (Å²) >= 11 is 11.8. The molecule has 0 bridgehead atoms. The molecular weight excluding hydrogens is 389 g/mol. The van der Waals surface area contributed by atoms with Crippen LogP contribution in [0.5, 0.6) is 0 Å². The minimum Gasteiger partial charge on any atom is -0.320 e. The van der Waals surface area contributed by atoms with Crippen molar-refractivity contribution in [2.75, 3.05) is 16.8 Å². The number of hydrogen-bond acceptors (Lipinski definition) is 5. The van der Waals surface area contributed by atoms with Gasteiger partial charge in [0.25, 0.3) is 5.91 Å². The molecule has 1 atom stereocenters. The Bertz CT molecular complexity index is 870. The second-order valence-corrected chi connectivity index (χ2v) is 8.99. The Kier molecular flexibility index (Phi) is 5.04. The first-order chi connectivity index (χ1) is 11.7. The average molecular weight is 404 g/mol. The van der Waals surface area contributed by atoms with Crippen LogP contribution in [0.2, 0.25) is 10.0 Å². The highest BCUT2D eigenvalue weighted by molar-refractivity contribution is 7.91. The lowest BCUT2D eigenvalue weighted by Gasteiger charge is -2.27. The minimum absolute atomic E-state index is 0.0267. The van der Waals surface area contributed by atoms with Crippen molar-refractivity contribution in [2.24, 2.45) is 5.10 Å². The van der Waals surface area contributed by atoms with Crippen molar-refractivity contribution in [3.63, 3.8) is 0 Å². The predicted octanol–water partition coefficient (Wildman–Crippen LogP) is 2.10. The molecule has 2 aliphatic heterocycles. The number of carbonyl (C=O) groups is 2. The Labute approximate surface area is 154 Å². The van der Waals surface area contributed by atoms with Crippen LogP contribution < -0.4 is 5.32 Å². The minimum atomic E-state index is -3.16. The van der Waals surface area contributed by atoms with E-state index in [0.717, 1.165) is 5.01 Å². The third kappa shape index (κ3) is 4.13. The van der Waals surface area contributed by atoms with Gasteiger partial charge in [-0.1, -0.05) is 23.2 Å². The number of halogens is 2. The number of anilines is 1. The van der Waals surface area contributed by atoms with Crippen LogP contribution in [-0.2, 0) is 19.4 Å². The molecule has 7 nitrogen and oxygen atoms in total. The summed E-state index contributed by atoms with van der Waals surface area (Å²) in [5.74, 6) is -0.857. The standard InChI is InChI=1S/C15H15Cl2N3O4S/c16-9-1-2-12(11(17)7-9)18-15(22)13-3-4-14(21)20(19-13)10-5-6-25(23,24)8-10/h1-2,7,10H,3-6,8H2,(H,18,22)/t10-/m1/s1. The van der Waals surface area contributed by atoms with E-state index < -0.39 is 21.8 Å². The molecule has 134 valence electrons. The molecule has 1 aromatic carbocycles. The number of sulfone groups is 1. The normalized spacial score (nSPS) is 22.6. The van der Waals surface area contributed by atoms with Crippen molar-refractivity contribution in [2.45, 2.75) is 25.3 Å². The molecule has 1 N–H and O–H groups in total. The number of rotatable bonds is 3. The van der Waals surface area contributed by atoms with Crippen LogP contribution in [0.1, 0.15) is 19.3 Å². The van der Waals surface area contributed by atoms with Gasteiger partial charge >= 0.3 is 0 Å². The molecule has 1 fully saturated rings. The van der Waals surface area contributed by atoms with E-state index in [2.05, 4.69) is 10.4 Å². The lowest BCUT2D eigenvalue weighted by atomic mass is 10.1. The smallest absolute Gasteiger partial charge is 0.271 e. The number of carbonyl (C=O) groups excluding carboxylic acids is 2. The number of amides is 2. The van der Waals surface area contributed by atoms with Crippen LogP contribution in [0.25, 0.3) is 0 Å². The van der Waals surface area contributed by atoms with Gasteiger partial charge in [0.1, 0.15) is 5.71 Å². The molecule has 25 heavy (non-hydrogen) atoms. The number of nitrogens with zero attached hydrogens (tertiary/aromatic N) is 2. The predicted molar refractivity (Wildman–Crippen MR) is 95.7 cm³/mol. The molecule has 0 aliphatic carbocycles. The number of nitrogens with one attached hydrogen (secondary N) is 1. The zero-order chi connectivity index (χ0) is 18.2. The van der Waals surface area contributed by atoms with Gasteiger partial charge in [-0.05, 0) is 24.6 Å². The van der Waals surface area contributed by atoms with Crippen molar-refractivity contribution < 1.29 is 18.0 Å². The quantitative estimate of drug-likeness (QED) is 0.835. The lowest BCUT2D eigenvalue weighted by molar-refractivity contribution is -0.133. The zero-order valence-electron chi connectivity index (χ0n) is 13.0. The molecule has 0 spiro atoms. The first kappa shape index (κ1) is 18.2. The monoisotopic (exact) mass is 403 g/mol. The highest BCUT2D eigenvalue weighted by Gasteiger charge is 2.37. The molecule has 0 aromatic heterocycles. The first-order valence-corrected chi connectivity index (χ1v) is 10.2. The summed E-state index contributed by atoms with van der Waals surface area (Å²) in [5, 5.41) is 8.61. The van der Waals surface area contributed by atoms with Crippen molar-refractivity contribution in [3.05, 3.63) is 28.2 Å².